The molecule has 3 heterocycles. The minimum atomic E-state index is 0.229. The Morgan fingerprint density at radius 3 is 2.52 bits per heavy atom. The number of likely N-dealkylation sites (tertiary alicyclic amines) is 1. The average Bonchev–Trinajstić information content (AvgIpc) is 3.09. The molecule has 0 saturated carbocycles. The predicted octanol–water partition coefficient (Wildman–Crippen LogP) is 4.10. The number of aryl methyl sites for hydroxylation is 1. The zero-order chi connectivity index (χ0) is 19.8. The summed E-state index contributed by atoms with van der Waals surface area (Å²) in [6.45, 7) is 3.61. The lowest BCUT2D eigenvalue weighted by atomic mass is 10.0. The maximum absolute atomic E-state index is 12.9. The molecule has 2 fully saturated rings. The molecule has 0 spiro atoms. The van der Waals surface area contributed by atoms with Crippen LogP contribution in [-0.4, -0.2) is 39.6 Å². The van der Waals surface area contributed by atoms with Crippen LogP contribution in [0.2, 0.25) is 0 Å². The molecule has 0 N–H and O–H groups in total. The average molecular weight is 386 g/mol. The highest BCUT2D eigenvalue weighted by atomic mass is 16.2. The first kappa shape index (κ1) is 18.1. The van der Waals surface area contributed by atoms with Gasteiger partial charge in [0, 0.05) is 30.3 Å². The predicted molar refractivity (Wildman–Crippen MR) is 115 cm³/mol. The Hall–Kier alpha value is -2.95. The Labute approximate surface area is 171 Å². The Morgan fingerprint density at radius 2 is 1.69 bits per heavy atom. The molecule has 0 unspecified atom stereocenters. The molecular formula is C24H26N4O. The first-order chi connectivity index (χ1) is 14.2. The Balaban J connectivity index is 1.50. The van der Waals surface area contributed by atoms with Crippen molar-refractivity contribution in [3.63, 3.8) is 0 Å². The lowest BCUT2D eigenvalue weighted by molar-refractivity contribution is -0.133. The number of fused-ring (bicyclic) bond motifs is 2. The van der Waals surface area contributed by atoms with Crippen LogP contribution in [-0.2, 0) is 11.3 Å². The molecule has 2 atom stereocenters. The van der Waals surface area contributed by atoms with Gasteiger partial charge in [-0.1, -0.05) is 54.6 Å². The highest BCUT2D eigenvalue weighted by Crippen LogP contribution is 2.37. The van der Waals surface area contributed by atoms with Gasteiger partial charge < -0.3 is 9.80 Å². The molecule has 1 aromatic heterocycles. The number of carbonyl (C=O) groups excluding carboxylic acids is 1. The summed E-state index contributed by atoms with van der Waals surface area (Å²) in [4.78, 5) is 17.5. The van der Waals surface area contributed by atoms with E-state index >= 15 is 0 Å². The van der Waals surface area contributed by atoms with Crippen molar-refractivity contribution in [3.8, 4) is 0 Å². The highest BCUT2D eigenvalue weighted by Gasteiger charge is 2.42. The fraction of sp³-hybridized carbons (Fsp3) is 0.375. The van der Waals surface area contributed by atoms with E-state index in [0.717, 1.165) is 48.1 Å². The van der Waals surface area contributed by atoms with Crippen LogP contribution >= 0.6 is 0 Å². The molecule has 0 radical (unpaired) electrons. The summed E-state index contributed by atoms with van der Waals surface area (Å²) in [6.07, 6.45) is 3.56. The summed E-state index contributed by atoms with van der Waals surface area (Å²) < 4.78 is 0. The van der Waals surface area contributed by atoms with Crippen LogP contribution in [0, 0.1) is 6.92 Å². The first-order valence-corrected chi connectivity index (χ1v) is 10.5. The van der Waals surface area contributed by atoms with Gasteiger partial charge in [0.1, 0.15) is 0 Å². The van der Waals surface area contributed by atoms with Gasteiger partial charge in [0.15, 0.2) is 5.82 Å². The summed E-state index contributed by atoms with van der Waals surface area (Å²) in [5, 5.41) is 11.4. The van der Waals surface area contributed by atoms with E-state index in [-0.39, 0.29) is 11.9 Å². The number of aromatic nitrogens is 2. The van der Waals surface area contributed by atoms with Gasteiger partial charge in [-0.15, -0.1) is 5.10 Å². The van der Waals surface area contributed by atoms with Gasteiger partial charge in [0.25, 0.3) is 0 Å². The molecule has 29 heavy (non-hydrogen) atoms. The molecule has 2 aromatic carbocycles. The lowest BCUT2D eigenvalue weighted by Crippen LogP contribution is -2.45. The van der Waals surface area contributed by atoms with Gasteiger partial charge in [-0.25, -0.2) is 0 Å². The lowest BCUT2D eigenvalue weighted by Gasteiger charge is -2.34. The molecule has 148 valence electrons. The van der Waals surface area contributed by atoms with E-state index in [0.29, 0.717) is 19.0 Å². The van der Waals surface area contributed by atoms with Crippen molar-refractivity contribution in [1.29, 1.82) is 0 Å². The molecule has 5 rings (SSSR count). The summed E-state index contributed by atoms with van der Waals surface area (Å²) in [5.74, 6) is 1.25. The van der Waals surface area contributed by atoms with Crippen molar-refractivity contribution in [2.45, 2.75) is 51.2 Å². The van der Waals surface area contributed by atoms with E-state index in [9.17, 15) is 4.79 Å². The monoisotopic (exact) mass is 386 g/mol. The maximum Gasteiger partial charge on any atom is 0.223 e. The number of anilines is 1. The van der Waals surface area contributed by atoms with Gasteiger partial charge in [-0.05, 0) is 31.7 Å². The minimum Gasteiger partial charge on any atom is -0.349 e. The van der Waals surface area contributed by atoms with Crippen molar-refractivity contribution in [3.05, 3.63) is 65.9 Å². The van der Waals surface area contributed by atoms with Crippen LogP contribution in [0.25, 0.3) is 10.8 Å². The summed E-state index contributed by atoms with van der Waals surface area (Å²) in [6, 6.07) is 19.2. The van der Waals surface area contributed by atoms with Crippen molar-refractivity contribution in [1.82, 2.24) is 15.1 Å². The zero-order valence-electron chi connectivity index (χ0n) is 16.8. The van der Waals surface area contributed by atoms with Crippen molar-refractivity contribution in [2.75, 3.05) is 11.4 Å². The van der Waals surface area contributed by atoms with Crippen LogP contribution in [0.15, 0.2) is 54.6 Å². The highest BCUT2D eigenvalue weighted by molar-refractivity contribution is 5.93. The molecule has 1 amide bonds. The fourth-order valence-electron chi connectivity index (χ4n) is 5.02. The third-order valence-corrected chi connectivity index (χ3v) is 6.44. The van der Waals surface area contributed by atoms with E-state index in [4.69, 9.17) is 0 Å². The summed E-state index contributed by atoms with van der Waals surface area (Å²) in [7, 11) is 0. The standard InChI is InChI=1S/C24H26N4O/c1-17-19-10-5-6-11-20(19)24(26-25-17)27-15-14-22-21(27)12-7-13-23(29)28(22)16-18-8-3-2-4-9-18/h2-6,8-11,21-22H,7,12-16H2,1H3/t21-,22-/m1/s1. The van der Waals surface area contributed by atoms with Gasteiger partial charge in [0.2, 0.25) is 5.91 Å². The number of rotatable bonds is 3. The molecule has 2 aliphatic heterocycles. The second-order valence-electron chi connectivity index (χ2n) is 8.17. The quantitative estimate of drug-likeness (QED) is 0.680. The normalized spacial score (nSPS) is 22.0. The topological polar surface area (TPSA) is 49.3 Å². The molecule has 3 aromatic rings. The Kier molecular flexibility index (Phi) is 4.66. The van der Waals surface area contributed by atoms with Gasteiger partial charge in [-0.3, -0.25) is 4.79 Å². The van der Waals surface area contributed by atoms with Crippen LogP contribution in [0.5, 0.6) is 0 Å². The van der Waals surface area contributed by atoms with Crippen molar-refractivity contribution < 1.29 is 4.79 Å². The van der Waals surface area contributed by atoms with Gasteiger partial charge >= 0.3 is 0 Å². The number of nitrogens with zero attached hydrogens (tertiary/aromatic N) is 4. The van der Waals surface area contributed by atoms with Gasteiger partial charge in [-0.2, -0.15) is 5.10 Å². The molecule has 5 nitrogen and oxygen atoms in total. The molecule has 0 aliphatic carbocycles. The number of carbonyl (C=O) groups is 1. The number of amides is 1. The Morgan fingerprint density at radius 1 is 0.931 bits per heavy atom. The number of hydrogen-bond donors (Lipinski definition) is 0. The number of benzene rings is 2. The van der Waals surface area contributed by atoms with Crippen LogP contribution in [0.4, 0.5) is 5.82 Å². The molecule has 0 bridgehead atoms. The van der Waals surface area contributed by atoms with E-state index in [1.165, 1.54) is 5.56 Å². The zero-order valence-corrected chi connectivity index (χ0v) is 16.8. The second kappa shape index (κ2) is 7.47. The summed E-state index contributed by atoms with van der Waals surface area (Å²) in [5.41, 5.74) is 2.15. The van der Waals surface area contributed by atoms with E-state index < -0.39 is 0 Å². The molecule has 2 saturated heterocycles. The number of hydrogen-bond acceptors (Lipinski definition) is 4. The summed E-state index contributed by atoms with van der Waals surface area (Å²) >= 11 is 0. The molecule has 2 aliphatic rings. The SMILES string of the molecule is Cc1nnc(N2CC[C@@H]3[C@H]2CCCC(=O)N3Cc2ccccc2)c2ccccc12. The van der Waals surface area contributed by atoms with Crippen LogP contribution in [0.3, 0.4) is 0 Å². The van der Waals surface area contributed by atoms with E-state index in [2.05, 4.69) is 56.4 Å². The van der Waals surface area contributed by atoms with Crippen LogP contribution in [0.1, 0.15) is 36.9 Å². The van der Waals surface area contributed by atoms with Crippen molar-refractivity contribution >= 4 is 22.5 Å². The fourth-order valence-corrected chi connectivity index (χ4v) is 5.02. The third-order valence-electron chi connectivity index (χ3n) is 6.44. The molecule has 5 heteroatoms. The minimum absolute atomic E-state index is 0.229. The maximum atomic E-state index is 12.9. The third kappa shape index (κ3) is 3.24. The first-order valence-electron chi connectivity index (χ1n) is 10.5. The van der Waals surface area contributed by atoms with E-state index in [1.54, 1.807) is 0 Å². The van der Waals surface area contributed by atoms with E-state index in [1.807, 2.05) is 25.1 Å². The molecular weight excluding hydrogens is 360 g/mol. The van der Waals surface area contributed by atoms with Crippen LogP contribution < -0.4 is 4.90 Å². The second-order valence-corrected chi connectivity index (χ2v) is 8.17. The Bertz CT molecular complexity index is 1040. The smallest absolute Gasteiger partial charge is 0.223 e. The van der Waals surface area contributed by atoms with Crippen molar-refractivity contribution in [2.24, 2.45) is 0 Å². The largest absolute Gasteiger partial charge is 0.349 e. The van der Waals surface area contributed by atoms with Gasteiger partial charge in [0.05, 0.1) is 17.8 Å².